The van der Waals surface area contributed by atoms with Gasteiger partial charge in [-0.1, -0.05) is 0 Å². The second kappa shape index (κ2) is 7.91. The molecule has 1 saturated heterocycles. The number of nitrogens with two attached hydrogens (primary N) is 3. The van der Waals surface area contributed by atoms with Crippen LogP contribution in [0.4, 0.5) is 0 Å². The largest absolute Gasteiger partial charge is 0.372 e. The molecule has 6 N–H and O–H groups in total. The predicted molar refractivity (Wildman–Crippen MR) is 57.5 cm³/mol. The fraction of sp³-hybridized carbons (Fsp3) is 1.00. The highest BCUT2D eigenvalue weighted by molar-refractivity contribution is 4.70. The highest BCUT2D eigenvalue weighted by Gasteiger charge is 2.24. The van der Waals surface area contributed by atoms with Gasteiger partial charge in [-0.3, -0.25) is 0 Å². The van der Waals surface area contributed by atoms with Crippen LogP contribution in [0.1, 0.15) is 0 Å². The summed E-state index contributed by atoms with van der Waals surface area (Å²) in [6.45, 7) is 2.72. The lowest BCUT2D eigenvalue weighted by molar-refractivity contribution is -0.0650. The van der Waals surface area contributed by atoms with E-state index in [2.05, 4.69) is 4.84 Å². The van der Waals surface area contributed by atoms with Crippen LogP contribution in [0.5, 0.6) is 0 Å². The SMILES string of the molecule is NCC(CON)OCC(CN)OCC1CO1. The molecular formula is C9H21N3O4. The first kappa shape index (κ1) is 13.8. The van der Waals surface area contributed by atoms with E-state index in [-0.39, 0.29) is 24.9 Å². The van der Waals surface area contributed by atoms with Gasteiger partial charge in [-0.15, -0.1) is 0 Å². The molecule has 0 spiro atoms. The van der Waals surface area contributed by atoms with Crippen LogP contribution in [0, 0.1) is 0 Å². The molecule has 7 nitrogen and oxygen atoms in total. The van der Waals surface area contributed by atoms with Crippen molar-refractivity contribution in [1.29, 1.82) is 0 Å². The lowest BCUT2D eigenvalue weighted by atomic mass is 10.3. The van der Waals surface area contributed by atoms with E-state index in [0.29, 0.717) is 26.3 Å². The van der Waals surface area contributed by atoms with Crippen LogP contribution >= 0.6 is 0 Å². The Morgan fingerprint density at radius 2 is 1.75 bits per heavy atom. The minimum atomic E-state index is -0.222. The normalized spacial score (nSPS) is 23.1. The topological polar surface area (TPSA) is 118 Å². The highest BCUT2D eigenvalue weighted by Crippen LogP contribution is 2.10. The maximum atomic E-state index is 5.55. The van der Waals surface area contributed by atoms with Gasteiger partial charge in [0.15, 0.2) is 0 Å². The van der Waals surface area contributed by atoms with Crippen molar-refractivity contribution in [3.8, 4) is 0 Å². The molecule has 1 heterocycles. The van der Waals surface area contributed by atoms with Gasteiger partial charge in [-0.05, 0) is 0 Å². The third-order valence-corrected chi connectivity index (χ3v) is 2.25. The second-order valence-corrected chi connectivity index (χ2v) is 3.67. The average molecular weight is 235 g/mol. The van der Waals surface area contributed by atoms with Crippen molar-refractivity contribution in [1.82, 2.24) is 0 Å². The first-order chi connectivity index (χ1) is 7.80. The quantitative estimate of drug-likeness (QED) is 0.295. The molecule has 3 unspecified atom stereocenters. The molecule has 16 heavy (non-hydrogen) atoms. The average Bonchev–Trinajstić information content (AvgIpc) is 3.11. The molecule has 0 aromatic heterocycles. The van der Waals surface area contributed by atoms with E-state index in [4.69, 9.17) is 31.6 Å². The Hall–Kier alpha value is -0.280. The Labute approximate surface area is 95.1 Å². The van der Waals surface area contributed by atoms with Gasteiger partial charge >= 0.3 is 0 Å². The third-order valence-electron chi connectivity index (χ3n) is 2.25. The Morgan fingerprint density at radius 1 is 1.12 bits per heavy atom. The summed E-state index contributed by atoms with van der Waals surface area (Å²) in [5.74, 6) is 4.94. The van der Waals surface area contributed by atoms with Crippen LogP contribution in [0.25, 0.3) is 0 Å². The summed E-state index contributed by atoms with van der Waals surface area (Å²) in [6, 6.07) is 0. The van der Waals surface area contributed by atoms with Gasteiger partial charge in [-0.2, -0.15) is 0 Å². The van der Waals surface area contributed by atoms with Crippen molar-refractivity contribution < 1.29 is 19.0 Å². The van der Waals surface area contributed by atoms with E-state index in [9.17, 15) is 0 Å². The summed E-state index contributed by atoms with van der Waals surface area (Å²) in [7, 11) is 0. The monoisotopic (exact) mass is 235 g/mol. The van der Waals surface area contributed by atoms with Crippen LogP contribution in [-0.2, 0) is 19.0 Å². The summed E-state index contributed by atoms with van der Waals surface area (Å²) in [5.41, 5.74) is 11.0. The fourth-order valence-electron chi connectivity index (χ4n) is 1.13. The Kier molecular flexibility index (Phi) is 6.81. The molecule has 0 aromatic carbocycles. The molecule has 1 rings (SSSR count). The van der Waals surface area contributed by atoms with E-state index in [1.54, 1.807) is 0 Å². The maximum absolute atomic E-state index is 5.55. The molecule has 1 aliphatic rings. The van der Waals surface area contributed by atoms with E-state index in [1.165, 1.54) is 0 Å². The molecule has 0 aromatic rings. The van der Waals surface area contributed by atoms with Crippen molar-refractivity contribution in [2.75, 3.05) is 39.5 Å². The van der Waals surface area contributed by atoms with Gasteiger partial charge in [0.25, 0.3) is 0 Å². The molecule has 7 heteroatoms. The van der Waals surface area contributed by atoms with Gasteiger partial charge in [0.05, 0.1) is 38.6 Å². The minimum absolute atomic E-state index is 0.143. The molecule has 1 fully saturated rings. The summed E-state index contributed by atoms with van der Waals surface area (Å²) < 4.78 is 16.0. The van der Waals surface area contributed by atoms with Crippen molar-refractivity contribution in [3.63, 3.8) is 0 Å². The molecule has 0 amide bonds. The van der Waals surface area contributed by atoms with Gasteiger partial charge in [-0.25, -0.2) is 5.90 Å². The van der Waals surface area contributed by atoms with Crippen LogP contribution in [0.15, 0.2) is 0 Å². The summed E-state index contributed by atoms with van der Waals surface area (Å²) in [5, 5.41) is 0. The highest BCUT2D eigenvalue weighted by atomic mass is 16.6. The van der Waals surface area contributed by atoms with Crippen LogP contribution in [0.2, 0.25) is 0 Å². The standard InChI is InChI=1S/C9H21N3O4/c10-1-7(14-4-9-5-15-9)3-13-8(2-11)6-16-12/h7-9H,1-6,10-12H2. The maximum Gasteiger partial charge on any atom is 0.104 e. The van der Waals surface area contributed by atoms with Crippen molar-refractivity contribution in [3.05, 3.63) is 0 Å². The zero-order chi connectivity index (χ0) is 11.8. The van der Waals surface area contributed by atoms with E-state index in [1.807, 2.05) is 0 Å². The van der Waals surface area contributed by atoms with E-state index < -0.39 is 0 Å². The predicted octanol–water partition coefficient (Wildman–Crippen LogP) is -2.04. The molecule has 0 aliphatic carbocycles. The van der Waals surface area contributed by atoms with Crippen LogP contribution < -0.4 is 17.4 Å². The summed E-state index contributed by atoms with van der Waals surface area (Å²) in [6.07, 6.45) is -0.136. The number of epoxide rings is 1. The van der Waals surface area contributed by atoms with Gasteiger partial charge in [0, 0.05) is 13.1 Å². The third kappa shape index (κ3) is 5.71. The zero-order valence-electron chi connectivity index (χ0n) is 9.34. The molecule has 0 bridgehead atoms. The minimum Gasteiger partial charge on any atom is -0.372 e. The van der Waals surface area contributed by atoms with Gasteiger partial charge in [0.2, 0.25) is 0 Å². The van der Waals surface area contributed by atoms with Gasteiger partial charge in [0.1, 0.15) is 6.10 Å². The number of hydrogen-bond donors (Lipinski definition) is 3. The fourth-order valence-corrected chi connectivity index (χ4v) is 1.13. The second-order valence-electron chi connectivity index (χ2n) is 3.67. The molecule has 0 radical (unpaired) electrons. The first-order valence-electron chi connectivity index (χ1n) is 5.36. The van der Waals surface area contributed by atoms with Crippen LogP contribution in [0.3, 0.4) is 0 Å². The van der Waals surface area contributed by atoms with Crippen LogP contribution in [-0.4, -0.2) is 57.8 Å². The lowest BCUT2D eigenvalue weighted by Crippen LogP contribution is -2.36. The Morgan fingerprint density at radius 3 is 2.25 bits per heavy atom. The number of rotatable bonds is 10. The number of ether oxygens (including phenoxy) is 3. The molecular weight excluding hydrogens is 214 g/mol. The molecule has 96 valence electrons. The Bertz CT molecular complexity index is 180. The smallest absolute Gasteiger partial charge is 0.104 e. The van der Waals surface area contributed by atoms with Crippen molar-refractivity contribution >= 4 is 0 Å². The van der Waals surface area contributed by atoms with Crippen molar-refractivity contribution in [2.45, 2.75) is 18.3 Å². The van der Waals surface area contributed by atoms with Gasteiger partial charge < -0.3 is 30.5 Å². The lowest BCUT2D eigenvalue weighted by Gasteiger charge is -2.20. The molecule has 3 atom stereocenters. The number of hydrogen-bond acceptors (Lipinski definition) is 7. The summed E-state index contributed by atoms with van der Waals surface area (Å²) >= 11 is 0. The van der Waals surface area contributed by atoms with E-state index in [0.717, 1.165) is 6.61 Å². The molecule has 0 saturated carbocycles. The first-order valence-corrected chi connectivity index (χ1v) is 5.36. The molecule has 1 aliphatic heterocycles. The Balaban J connectivity index is 2.09. The van der Waals surface area contributed by atoms with Crippen molar-refractivity contribution in [2.24, 2.45) is 17.4 Å². The zero-order valence-corrected chi connectivity index (χ0v) is 9.34. The van der Waals surface area contributed by atoms with E-state index >= 15 is 0 Å². The summed E-state index contributed by atoms with van der Waals surface area (Å²) in [4.78, 5) is 4.47.